The molecule has 0 atom stereocenters. The molecule has 2 aliphatic rings. The first kappa shape index (κ1) is 21.7. The monoisotopic (exact) mass is 390 g/mol. The third-order valence-electron chi connectivity index (χ3n) is 5.62. The molecule has 6 heteroatoms. The van der Waals surface area contributed by atoms with Crippen molar-refractivity contribution in [2.45, 2.75) is 12.8 Å². The van der Waals surface area contributed by atoms with E-state index >= 15 is 0 Å². The van der Waals surface area contributed by atoms with E-state index in [9.17, 15) is 0 Å². The number of hydrogen-bond acceptors (Lipinski definition) is 6. The van der Waals surface area contributed by atoms with E-state index in [1.807, 2.05) is 0 Å². The van der Waals surface area contributed by atoms with Crippen LogP contribution in [-0.4, -0.2) is 102 Å². The highest BCUT2D eigenvalue weighted by molar-refractivity contribution is 5.23. The lowest BCUT2D eigenvalue weighted by molar-refractivity contribution is 0.0384. The average Bonchev–Trinajstić information content (AvgIpc) is 2.76. The summed E-state index contributed by atoms with van der Waals surface area (Å²) in [6.07, 6.45) is 2.20. The lowest BCUT2D eigenvalue weighted by Gasteiger charge is -2.26. The SMILES string of the molecule is c1cc(CCNCCN2CCOCC2)ccc1CCNCCN1CCOCC1. The number of benzene rings is 1. The van der Waals surface area contributed by atoms with E-state index in [-0.39, 0.29) is 0 Å². The van der Waals surface area contributed by atoms with Crippen LogP contribution in [-0.2, 0) is 22.3 Å². The van der Waals surface area contributed by atoms with Gasteiger partial charge in [0.25, 0.3) is 0 Å². The van der Waals surface area contributed by atoms with Crippen molar-refractivity contribution >= 4 is 0 Å². The van der Waals surface area contributed by atoms with Gasteiger partial charge in [-0.25, -0.2) is 0 Å². The van der Waals surface area contributed by atoms with E-state index in [0.717, 1.165) is 105 Å². The van der Waals surface area contributed by atoms with Crippen molar-refractivity contribution in [3.8, 4) is 0 Å². The lowest BCUT2D eigenvalue weighted by atomic mass is 10.1. The molecule has 3 rings (SSSR count). The summed E-state index contributed by atoms with van der Waals surface area (Å²) >= 11 is 0. The number of nitrogens with one attached hydrogen (secondary N) is 2. The third-order valence-corrected chi connectivity index (χ3v) is 5.62. The van der Waals surface area contributed by atoms with E-state index in [0.29, 0.717) is 0 Å². The lowest BCUT2D eigenvalue weighted by Crippen LogP contribution is -2.40. The second-order valence-corrected chi connectivity index (χ2v) is 7.72. The van der Waals surface area contributed by atoms with Gasteiger partial charge in [-0.1, -0.05) is 24.3 Å². The largest absolute Gasteiger partial charge is 0.379 e. The van der Waals surface area contributed by atoms with Crippen LogP contribution in [0.2, 0.25) is 0 Å². The van der Waals surface area contributed by atoms with Crippen molar-refractivity contribution in [3.05, 3.63) is 35.4 Å². The number of nitrogens with zero attached hydrogens (tertiary/aromatic N) is 2. The van der Waals surface area contributed by atoms with Gasteiger partial charge in [0, 0.05) is 52.4 Å². The summed E-state index contributed by atoms with van der Waals surface area (Å²) in [5.74, 6) is 0. The molecule has 0 bridgehead atoms. The van der Waals surface area contributed by atoms with Gasteiger partial charge in [-0.15, -0.1) is 0 Å². The maximum atomic E-state index is 5.38. The van der Waals surface area contributed by atoms with Gasteiger partial charge in [0.1, 0.15) is 0 Å². The van der Waals surface area contributed by atoms with Crippen molar-refractivity contribution in [1.82, 2.24) is 20.4 Å². The van der Waals surface area contributed by atoms with Gasteiger partial charge in [-0.05, 0) is 37.1 Å². The van der Waals surface area contributed by atoms with E-state index in [4.69, 9.17) is 9.47 Å². The zero-order valence-corrected chi connectivity index (χ0v) is 17.3. The Labute approximate surface area is 170 Å². The predicted octanol–water partition coefficient (Wildman–Crippen LogP) is 0.615. The molecule has 0 saturated carbocycles. The zero-order valence-electron chi connectivity index (χ0n) is 17.3. The standard InChI is InChI=1S/C22H38N4O2/c1-2-22(6-8-24-10-12-26-15-19-28-20-16-26)4-3-21(1)5-7-23-9-11-25-13-17-27-18-14-25/h1-4,23-24H,5-20H2. The Morgan fingerprint density at radius 2 is 1.00 bits per heavy atom. The van der Waals surface area contributed by atoms with E-state index in [1.54, 1.807) is 0 Å². The summed E-state index contributed by atoms with van der Waals surface area (Å²) in [5, 5.41) is 7.13. The second-order valence-electron chi connectivity index (χ2n) is 7.72. The molecule has 2 N–H and O–H groups in total. The fraction of sp³-hybridized carbons (Fsp3) is 0.727. The smallest absolute Gasteiger partial charge is 0.0594 e. The van der Waals surface area contributed by atoms with Crippen LogP contribution < -0.4 is 10.6 Å². The minimum absolute atomic E-state index is 0.885. The van der Waals surface area contributed by atoms with E-state index in [1.165, 1.54) is 11.1 Å². The summed E-state index contributed by atoms with van der Waals surface area (Å²) in [4.78, 5) is 4.95. The highest BCUT2D eigenvalue weighted by Gasteiger charge is 2.09. The summed E-state index contributed by atoms with van der Waals surface area (Å²) < 4.78 is 10.8. The molecule has 0 aromatic heterocycles. The number of hydrogen-bond donors (Lipinski definition) is 2. The van der Waals surface area contributed by atoms with Gasteiger partial charge in [-0.3, -0.25) is 9.80 Å². The molecular formula is C22H38N4O2. The Bertz CT molecular complexity index is 467. The topological polar surface area (TPSA) is 49.0 Å². The minimum atomic E-state index is 0.885. The van der Waals surface area contributed by atoms with Gasteiger partial charge in [0.05, 0.1) is 26.4 Å². The van der Waals surface area contributed by atoms with Crippen LogP contribution in [0.1, 0.15) is 11.1 Å². The number of morpholine rings is 2. The summed E-state index contributed by atoms with van der Waals surface area (Å²) in [6.45, 7) is 14.3. The molecule has 158 valence electrons. The Kier molecular flexibility index (Phi) is 10.3. The second kappa shape index (κ2) is 13.2. The first-order chi connectivity index (χ1) is 13.9. The first-order valence-corrected chi connectivity index (χ1v) is 11.0. The highest BCUT2D eigenvalue weighted by Crippen LogP contribution is 2.05. The van der Waals surface area contributed by atoms with Crippen LogP contribution in [0.15, 0.2) is 24.3 Å². The van der Waals surface area contributed by atoms with Crippen molar-refractivity contribution < 1.29 is 9.47 Å². The van der Waals surface area contributed by atoms with Crippen LogP contribution in [0.3, 0.4) is 0 Å². The van der Waals surface area contributed by atoms with Crippen molar-refractivity contribution in [2.75, 3.05) is 91.9 Å². The molecule has 6 nitrogen and oxygen atoms in total. The van der Waals surface area contributed by atoms with Crippen LogP contribution in [0.5, 0.6) is 0 Å². The number of rotatable bonds is 12. The molecule has 2 fully saturated rings. The van der Waals surface area contributed by atoms with Crippen LogP contribution in [0, 0.1) is 0 Å². The third kappa shape index (κ3) is 8.55. The van der Waals surface area contributed by atoms with Gasteiger partial charge >= 0.3 is 0 Å². The molecule has 0 unspecified atom stereocenters. The quantitative estimate of drug-likeness (QED) is 0.510. The molecular weight excluding hydrogens is 352 g/mol. The fourth-order valence-electron chi connectivity index (χ4n) is 3.71. The molecule has 0 amide bonds. The van der Waals surface area contributed by atoms with Gasteiger partial charge in [0.2, 0.25) is 0 Å². The zero-order chi connectivity index (χ0) is 19.3. The highest BCUT2D eigenvalue weighted by atomic mass is 16.5. The van der Waals surface area contributed by atoms with Crippen molar-refractivity contribution in [1.29, 1.82) is 0 Å². The molecule has 1 aromatic rings. The van der Waals surface area contributed by atoms with Crippen LogP contribution in [0.4, 0.5) is 0 Å². The Hall–Kier alpha value is -1.02. The molecule has 28 heavy (non-hydrogen) atoms. The van der Waals surface area contributed by atoms with Gasteiger partial charge in [-0.2, -0.15) is 0 Å². The summed E-state index contributed by atoms with van der Waals surface area (Å²) in [6, 6.07) is 9.14. The fourth-order valence-corrected chi connectivity index (χ4v) is 3.71. The molecule has 0 aliphatic carbocycles. The van der Waals surface area contributed by atoms with Gasteiger partial charge in [0.15, 0.2) is 0 Å². The normalized spacial score (nSPS) is 19.1. The molecule has 0 spiro atoms. The van der Waals surface area contributed by atoms with Crippen molar-refractivity contribution in [2.24, 2.45) is 0 Å². The Morgan fingerprint density at radius 1 is 0.607 bits per heavy atom. The van der Waals surface area contributed by atoms with Crippen LogP contribution >= 0.6 is 0 Å². The average molecular weight is 391 g/mol. The van der Waals surface area contributed by atoms with E-state index < -0.39 is 0 Å². The minimum Gasteiger partial charge on any atom is -0.379 e. The van der Waals surface area contributed by atoms with Gasteiger partial charge < -0.3 is 20.1 Å². The summed E-state index contributed by atoms with van der Waals surface area (Å²) in [5.41, 5.74) is 2.84. The molecule has 2 aliphatic heterocycles. The molecule has 2 saturated heterocycles. The Morgan fingerprint density at radius 3 is 1.39 bits per heavy atom. The molecule has 0 radical (unpaired) electrons. The van der Waals surface area contributed by atoms with E-state index in [2.05, 4.69) is 44.7 Å². The number of ether oxygens (including phenoxy) is 2. The Balaban J connectivity index is 1.19. The summed E-state index contributed by atoms with van der Waals surface area (Å²) in [7, 11) is 0. The molecule has 1 aromatic carbocycles. The first-order valence-electron chi connectivity index (χ1n) is 11.0. The predicted molar refractivity (Wildman–Crippen MR) is 114 cm³/mol. The maximum Gasteiger partial charge on any atom is 0.0594 e. The van der Waals surface area contributed by atoms with Crippen molar-refractivity contribution in [3.63, 3.8) is 0 Å². The molecule has 2 heterocycles. The maximum absolute atomic E-state index is 5.38. The van der Waals surface area contributed by atoms with Crippen LogP contribution in [0.25, 0.3) is 0 Å².